The maximum absolute atomic E-state index is 11.5. The molecule has 0 aliphatic heterocycles. The van der Waals surface area contributed by atoms with Crippen LogP contribution in [-0.2, 0) is 11.5 Å². The van der Waals surface area contributed by atoms with Crippen molar-refractivity contribution in [3.63, 3.8) is 0 Å². The topological polar surface area (TPSA) is 64.3 Å². The highest BCUT2D eigenvalue weighted by atomic mass is 16.5. The van der Waals surface area contributed by atoms with Crippen molar-refractivity contribution in [3.05, 3.63) is 29.9 Å². The number of allylic oxidation sites excluding steroid dienone is 2. The summed E-state index contributed by atoms with van der Waals surface area (Å²) in [5.41, 5.74) is 0.194. The number of hydrogen-bond acceptors (Lipinski definition) is 3. The average molecular weight is 368 g/mol. The number of carboxylic acid groups (broad SMARTS) is 1. The number of carboxylic acids is 1. The zero-order valence-corrected chi connectivity index (χ0v) is 15.7. The van der Waals surface area contributed by atoms with Crippen LogP contribution in [0.3, 0.4) is 0 Å². The van der Waals surface area contributed by atoms with E-state index in [0.29, 0.717) is 24.5 Å². The Hall–Kier alpha value is -1.62. The minimum Gasteiger partial charge on any atom is -0.476 e. The molecule has 5 saturated carbocycles. The number of fused-ring (bicyclic) bond motifs is 2. The third-order valence-electron chi connectivity index (χ3n) is 8.13. The van der Waals surface area contributed by atoms with E-state index in [1.54, 1.807) is 6.20 Å². The van der Waals surface area contributed by atoms with E-state index in [1.165, 1.54) is 44.9 Å². The zero-order chi connectivity index (χ0) is 18.2. The molecule has 1 heterocycles. The molecule has 7 rings (SSSR count). The van der Waals surface area contributed by atoms with Gasteiger partial charge in [0.2, 0.25) is 0 Å². The molecule has 0 aromatic carbocycles. The van der Waals surface area contributed by atoms with Crippen LogP contribution in [0.1, 0.15) is 73.6 Å². The van der Waals surface area contributed by atoms with Gasteiger partial charge in [0.1, 0.15) is 12.6 Å². The van der Waals surface area contributed by atoms with Crippen LogP contribution in [0.4, 0.5) is 0 Å². The highest BCUT2D eigenvalue weighted by molar-refractivity contribution is 5.85. The molecule has 6 aliphatic rings. The van der Waals surface area contributed by atoms with Crippen LogP contribution in [0, 0.1) is 29.6 Å². The van der Waals surface area contributed by atoms with E-state index < -0.39 is 5.97 Å². The maximum atomic E-state index is 11.5. The first-order valence-corrected chi connectivity index (χ1v) is 10.7. The van der Waals surface area contributed by atoms with Crippen molar-refractivity contribution < 1.29 is 14.6 Å². The van der Waals surface area contributed by atoms with Crippen LogP contribution >= 0.6 is 0 Å². The number of aromatic nitrogens is 2. The van der Waals surface area contributed by atoms with Gasteiger partial charge in [-0.2, -0.15) is 0 Å². The molecule has 6 bridgehead atoms. The van der Waals surface area contributed by atoms with Crippen molar-refractivity contribution in [2.45, 2.75) is 69.6 Å². The standard InChI is InChI=1S/C22H28N2O3/c25-21(26)19-11-24(20(23-19)18-7-13-1-2-17(18)6-13)12-27-22-8-14-3-15(9-22)5-16(4-14)10-22/h1-2,11,13-18H,3-10,12H2,(H,25,26). The van der Waals surface area contributed by atoms with Gasteiger partial charge in [0, 0.05) is 12.1 Å². The summed E-state index contributed by atoms with van der Waals surface area (Å²) in [6, 6.07) is 0. The highest BCUT2D eigenvalue weighted by Gasteiger charge is 2.52. The summed E-state index contributed by atoms with van der Waals surface area (Å²) in [7, 11) is 0. The van der Waals surface area contributed by atoms with Crippen molar-refractivity contribution >= 4 is 5.97 Å². The Bertz CT molecular complexity index is 775. The smallest absolute Gasteiger partial charge is 0.356 e. The van der Waals surface area contributed by atoms with Crippen molar-refractivity contribution in [1.82, 2.24) is 9.55 Å². The van der Waals surface area contributed by atoms with Crippen molar-refractivity contribution in [2.24, 2.45) is 29.6 Å². The summed E-state index contributed by atoms with van der Waals surface area (Å²) >= 11 is 0. The van der Waals surface area contributed by atoms with Gasteiger partial charge in [-0.15, -0.1) is 0 Å². The summed E-state index contributed by atoms with van der Waals surface area (Å²) in [4.78, 5) is 16.1. The number of ether oxygens (including phenoxy) is 1. The van der Waals surface area contributed by atoms with E-state index in [4.69, 9.17) is 4.74 Å². The lowest BCUT2D eigenvalue weighted by atomic mass is 9.54. The number of nitrogens with zero attached hydrogens (tertiary/aromatic N) is 2. The Morgan fingerprint density at radius 1 is 1.11 bits per heavy atom. The van der Waals surface area contributed by atoms with Crippen LogP contribution < -0.4 is 0 Å². The molecule has 0 spiro atoms. The lowest BCUT2D eigenvalue weighted by Gasteiger charge is -2.56. The van der Waals surface area contributed by atoms with Crippen LogP contribution in [0.2, 0.25) is 0 Å². The average Bonchev–Trinajstić information content (AvgIpc) is 3.34. The third kappa shape index (κ3) is 2.61. The van der Waals surface area contributed by atoms with Crippen LogP contribution in [0.15, 0.2) is 18.3 Å². The summed E-state index contributed by atoms with van der Waals surface area (Å²) in [5, 5.41) is 9.46. The number of aromatic carboxylic acids is 1. The Morgan fingerprint density at radius 3 is 2.37 bits per heavy atom. The molecule has 5 fully saturated rings. The van der Waals surface area contributed by atoms with E-state index in [0.717, 1.165) is 30.0 Å². The van der Waals surface area contributed by atoms with Gasteiger partial charge in [-0.05, 0) is 81.0 Å². The molecule has 144 valence electrons. The molecule has 27 heavy (non-hydrogen) atoms. The molecule has 6 aliphatic carbocycles. The SMILES string of the molecule is O=C(O)c1cn(COC23CC4CC(CC(C4)C2)C3)c(C2CC3C=CC2C3)n1. The largest absolute Gasteiger partial charge is 0.476 e. The van der Waals surface area contributed by atoms with Gasteiger partial charge in [-0.3, -0.25) is 0 Å². The van der Waals surface area contributed by atoms with Gasteiger partial charge in [0.05, 0.1) is 5.60 Å². The first-order valence-electron chi connectivity index (χ1n) is 10.7. The number of hydrogen-bond donors (Lipinski definition) is 1. The lowest BCUT2D eigenvalue weighted by Crippen LogP contribution is -2.52. The monoisotopic (exact) mass is 368 g/mol. The van der Waals surface area contributed by atoms with Crippen molar-refractivity contribution in [1.29, 1.82) is 0 Å². The third-order valence-corrected chi connectivity index (χ3v) is 8.13. The summed E-state index contributed by atoms with van der Waals surface area (Å²) in [6.45, 7) is 0.458. The number of rotatable bonds is 5. The number of carbonyl (C=O) groups is 1. The molecule has 5 nitrogen and oxygen atoms in total. The normalized spacial score (nSPS) is 43.7. The van der Waals surface area contributed by atoms with Crippen molar-refractivity contribution in [2.75, 3.05) is 0 Å². The van der Waals surface area contributed by atoms with Crippen LogP contribution in [0.5, 0.6) is 0 Å². The highest BCUT2D eigenvalue weighted by Crippen LogP contribution is 2.57. The molecule has 0 radical (unpaired) electrons. The molecule has 0 saturated heterocycles. The number of imidazole rings is 1. The van der Waals surface area contributed by atoms with Gasteiger partial charge in [0.25, 0.3) is 0 Å². The van der Waals surface area contributed by atoms with Crippen LogP contribution in [0.25, 0.3) is 0 Å². The van der Waals surface area contributed by atoms with E-state index in [-0.39, 0.29) is 11.3 Å². The molecule has 1 aromatic rings. The fourth-order valence-corrected chi connectivity index (χ4v) is 7.42. The van der Waals surface area contributed by atoms with Crippen LogP contribution in [-0.4, -0.2) is 26.2 Å². The van der Waals surface area contributed by atoms with Gasteiger partial charge in [-0.1, -0.05) is 12.2 Å². The minimum absolute atomic E-state index is 0.0360. The van der Waals surface area contributed by atoms with Gasteiger partial charge >= 0.3 is 5.97 Å². The van der Waals surface area contributed by atoms with E-state index >= 15 is 0 Å². The first kappa shape index (κ1) is 16.3. The van der Waals surface area contributed by atoms with Gasteiger partial charge in [-0.25, -0.2) is 9.78 Å². The fourth-order valence-electron chi connectivity index (χ4n) is 7.42. The maximum Gasteiger partial charge on any atom is 0.356 e. The van der Waals surface area contributed by atoms with E-state index in [1.807, 2.05) is 4.57 Å². The van der Waals surface area contributed by atoms with Gasteiger partial charge in [0.15, 0.2) is 5.69 Å². The summed E-state index contributed by atoms with van der Waals surface area (Å²) < 4.78 is 8.63. The zero-order valence-electron chi connectivity index (χ0n) is 15.7. The Morgan fingerprint density at radius 2 is 1.81 bits per heavy atom. The molecule has 3 unspecified atom stereocenters. The molecule has 1 aromatic heterocycles. The van der Waals surface area contributed by atoms with Gasteiger partial charge < -0.3 is 14.4 Å². The Balaban J connectivity index is 1.26. The Kier molecular flexibility index (Phi) is 3.45. The quantitative estimate of drug-likeness (QED) is 0.791. The Labute approximate surface area is 159 Å². The molecule has 3 atom stereocenters. The molecule has 0 amide bonds. The van der Waals surface area contributed by atoms with E-state index in [9.17, 15) is 9.90 Å². The first-order chi connectivity index (χ1) is 13.1. The minimum atomic E-state index is -0.941. The molecule has 1 N–H and O–H groups in total. The second-order valence-corrected chi connectivity index (χ2v) is 10.0. The predicted molar refractivity (Wildman–Crippen MR) is 99.3 cm³/mol. The predicted octanol–water partition coefficient (Wildman–Crippen LogP) is 4.20. The van der Waals surface area contributed by atoms with Crippen molar-refractivity contribution in [3.8, 4) is 0 Å². The molecule has 5 heteroatoms. The second-order valence-electron chi connectivity index (χ2n) is 10.0. The fraction of sp³-hybridized carbons (Fsp3) is 0.727. The second kappa shape index (κ2) is 5.69. The lowest BCUT2D eigenvalue weighted by molar-refractivity contribution is -0.181. The van der Waals surface area contributed by atoms with E-state index in [2.05, 4.69) is 17.1 Å². The summed E-state index contributed by atoms with van der Waals surface area (Å²) in [6.07, 6.45) is 16.4. The molecular weight excluding hydrogens is 340 g/mol. The summed E-state index contributed by atoms with van der Waals surface area (Å²) in [5.74, 6) is 4.03. The molecular formula is C22H28N2O3.